The van der Waals surface area contributed by atoms with Gasteiger partial charge in [-0.05, 0) is 28.8 Å². The predicted molar refractivity (Wildman–Crippen MR) is 75.9 cm³/mol. The second kappa shape index (κ2) is 6.96. The maximum atomic E-state index is 12.4. The molecule has 0 heterocycles. The zero-order chi connectivity index (χ0) is 15.3. The van der Waals surface area contributed by atoms with E-state index in [1.165, 1.54) is 12.1 Å². The third-order valence-electron chi connectivity index (χ3n) is 3.00. The van der Waals surface area contributed by atoms with Crippen molar-refractivity contribution in [3.05, 3.63) is 70.8 Å². The lowest BCUT2D eigenvalue weighted by molar-refractivity contribution is -0.137. The molecule has 2 aromatic rings. The molecule has 0 fully saturated rings. The van der Waals surface area contributed by atoms with E-state index < -0.39 is 11.7 Å². The largest absolute Gasteiger partial charge is 0.416 e. The normalized spacial score (nSPS) is 11.6. The first-order valence-electron chi connectivity index (χ1n) is 6.36. The van der Waals surface area contributed by atoms with Crippen molar-refractivity contribution < 1.29 is 17.9 Å². The quantitative estimate of drug-likeness (QED) is 0.693. The van der Waals surface area contributed by atoms with Crippen LogP contribution in [0.4, 0.5) is 13.2 Å². The number of benzene rings is 2. The van der Waals surface area contributed by atoms with Crippen LogP contribution in [0.25, 0.3) is 0 Å². The van der Waals surface area contributed by atoms with Crippen LogP contribution in [-0.2, 0) is 30.0 Å². The third kappa shape index (κ3) is 4.76. The highest BCUT2D eigenvalue weighted by Gasteiger charge is 2.29. The number of alkyl halides is 4. The Morgan fingerprint density at radius 1 is 0.762 bits per heavy atom. The number of rotatable bonds is 5. The van der Waals surface area contributed by atoms with Crippen molar-refractivity contribution in [2.24, 2.45) is 0 Å². The second-order valence-corrected chi connectivity index (χ2v) is 4.90. The van der Waals surface area contributed by atoms with Crippen LogP contribution in [0.2, 0.25) is 0 Å². The van der Waals surface area contributed by atoms with Gasteiger partial charge in [0.1, 0.15) is 0 Å². The minimum absolute atomic E-state index is 0.273. The maximum absolute atomic E-state index is 12.4. The molecule has 0 saturated heterocycles. The molecule has 0 saturated carbocycles. The highest BCUT2D eigenvalue weighted by molar-refractivity contribution is 6.17. The molecule has 2 aromatic carbocycles. The molecule has 21 heavy (non-hydrogen) atoms. The number of halogens is 4. The molecule has 0 spiro atoms. The van der Waals surface area contributed by atoms with Gasteiger partial charge >= 0.3 is 6.18 Å². The van der Waals surface area contributed by atoms with Gasteiger partial charge in [0.15, 0.2) is 0 Å². The summed E-state index contributed by atoms with van der Waals surface area (Å²) < 4.78 is 42.7. The van der Waals surface area contributed by atoms with E-state index in [2.05, 4.69) is 0 Å². The van der Waals surface area contributed by atoms with Crippen molar-refractivity contribution in [3.8, 4) is 0 Å². The summed E-state index contributed by atoms with van der Waals surface area (Å²) in [6.45, 7) is 0.680. The Morgan fingerprint density at radius 2 is 1.19 bits per heavy atom. The Morgan fingerprint density at radius 3 is 1.62 bits per heavy atom. The molecular formula is C16H14ClF3O. The van der Waals surface area contributed by atoms with Gasteiger partial charge < -0.3 is 4.74 Å². The van der Waals surface area contributed by atoms with Crippen LogP contribution in [0.5, 0.6) is 0 Å². The Labute approximate surface area is 126 Å². The van der Waals surface area contributed by atoms with Crippen LogP contribution in [0, 0.1) is 0 Å². The van der Waals surface area contributed by atoms with Crippen molar-refractivity contribution in [3.63, 3.8) is 0 Å². The standard InChI is InChI=1S/C16H14ClF3O/c17-9-12-1-3-13(4-2-12)10-21-11-14-5-7-15(8-6-14)16(18,19)20/h1-8H,9-11H2. The Balaban J connectivity index is 1.85. The fourth-order valence-electron chi connectivity index (χ4n) is 1.80. The van der Waals surface area contributed by atoms with Crippen LogP contribution in [0.15, 0.2) is 48.5 Å². The van der Waals surface area contributed by atoms with Gasteiger partial charge in [-0.1, -0.05) is 36.4 Å². The van der Waals surface area contributed by atoms with Gasteiger partial charge in [0.2, 0.25) is 0 Å². The van der Waals surface area contributed by atoms with E-state index in [1.54, 1.807) is 0 Å². The number of hydrogen-bond acceptors (Lipinski definition) is 1. The van der Waals surface area contributed by atoms with E-state index >= 15 is 0 Å². The van der Waals surface area contributed by atoms with Gasteiger partial charge in [-0.2, -0.15) is 13.2 Å². The van der Waals surface area contributed by atoms with Gasteiger partial charge in [0.05, 0.1) is 18.8 Å². The van der Waals surface area contributed by atoms with Gasteiger partial charge in [0.25, 0.3) is 0 Å². The summed E-state index contributed by atoms with van der Waals surface area (Å²) in [5.74, 6) is 0.465. The molecule has 0 aliphatic carbocycles. The molecule has 0 radical (unpaired) electrons. The molecule has 5 heteroatoms. The van der Waals surface area contributed by atoms with Gasteiger partial charge in [-0.15, -0.1) is 11.6 Å². The van der Waals surface area contributed by atoms with Crippen molar-refractivity contribution in [1.82, 2.24) is 0 Å². The van der Waals surface area contributed by atoms with Crippen LogP contribution >= 0.6 is 11.6 Å². The minimum Gasteiger partial charge on any atom is -0.372 e. The lowest BCUT2D eigenvalue weighted by Crippen LogP contribution is -2.04. The summed E-state index contributed by atoms with van der Waals surface area (Å²) in [6, 6.07) is 12.7. The van der Waals surface area contributed by atoms with E-state index in [4.69, 9.17) is 16.3 Å². The van der Waals surface area contributed by atoms with Gasteiger partial charge in [-0.25, -0.2) is 0 Å². The van der Waals surface area contributed by atoms with Gasteiger partial charge in [-0.3, -0.25) is 0 Å². The molecular weight excluding hydrogens is 301 g/mol. The molecule has 0 atom stereocenters. The van der Waals surface area contributed by atoms with E-state index in [9.17, 15) is 13.2 Å². The van der Waals surface area contributed by atoms with E-state index in [0.717, 1.165) is 23.3 Å². The molecule has 0 bridgehead atoms. The first-order chi connectivity index (χ1) is 9.99. The van der Waals surface area contributed by atoms with Crippen LogP contribution < -0.4 is 0 Å². The van der Waals surface area contributed by atoms with Crippen molar-refractivity contribution >= 4 is 11.6 Å². The molecule has 0 aromatic heterocycles. The smallest absolute Gasteiger partial charge is 0.372 e. The summed E-state index contributed by atoms with van der Waals surface area (Å²) in [7, 11) is 0. The number of hydrogen-bond donors (Lipinski definition) is 0. The summed E-state index contributed by atoms with van der Waals surface area (Å²) in [6.07, 6.45) is -4.30. The first kappa shape index (κ1) is 15.9. The monoisotopic (exact) mass is 314 g/mol. The molecule has 1 nitrogen and oxygen atoms in total. The summed E-state index contributed by atoms with van der Waals surface area (Å²) in [4.78, 5) is 0. The molecule has 0 amide bonds. The molecule has 0 N–H and O–H groups in total. The lowest BCUT2D eigenvalue weighted by Gasteiger charge is -2.08. The fourth-order valence-corrected chi connectivity index (χ4v) is 1.98. The summed E-state index contributed by atoms with van der Waals surface area (Å²) in [5.41, 5.74) is 2.09. The Hall–Kier alpha value is -1.52. The summed E-state index contributed by atoms with van der Waals surface area (Å²) in [5, 5.41) is 0. The molecule has 0 unspecified atom stereocenters. The molecule has 2 rings (SSSR count). The highest BCUT2D eigenvalue weighted by atomic mass is 35.5. The highest BCUT2D eigenvalue weighted by Crippen LogP contribution is 2.29. The minimum atomic E-state index is -4.30. The van der Waals surface area contributed by atoms with Crippen LogP contribution in [-0.4, -0.2) is 0 Å². The summed E-state index contributed by atoms with van der Waals surface area (Å²) >= 11 is 5.70. The average molecular weight is 315 g/mol. The molecule has 112 valence electrons. The average Bonchev–Trinajstić information content (AvgIpc) is 2.47. The zero-order valence-electron chi connectivity index (χ0n) is 11.2. The lowest BCUT2D eigenvalue weighted by atomic mass is 10.1. The molecule has 0 aliphatic heterocycles. The van der Waals surface area contributed by atoms with E-state index in [0.29, 0.717) is 18.1 Å². The SMILES string of the molecule is FC(F)(F)c1ccc(COCc2ccc(CCl)cc2)cc1. The predicted octanol–water partition coefficient (Wildman–Crippen LogP) is 5.16. The Bertz CT molecular complexity index is 562. The number of ether oxygens (including phenoxy) is 1. The van der Waals surface area contributed by atoms with Crippen molar-refractivity contribution in [2.75, 3.05) is 0 Å². The third-order valence-corrected chi connectivity index (χ3v) is 3.30. The van der Waals surface area contributed by atoms with E-state index in [1.807, 2.05) is 24.3 Å². The second-order valence-electron chi connectivity index (χ2n) is 4.64. The first-order valence-corrected chi connectivity index (χ1v) is 6.90. The van der Waals surface area contributed by atoms with E-state index in [-0.39, 0.29) is 6.61 Å². The van der Waals surface area contributed by atoms with Crippen LogP contribution in [0.1, 0.15) is 22.3 Å². The topological polar surface area (TPSA) is 9.23 Å². The van der Waals surface area contributed by atoms with Gasteiger partial charge in [0, 0.05) is 5.88 Å². The zero-order valence-corrected chi connectivity index (χ0v) is 11.9. The van der Waals surface area contributed by atoms with Crippen molar-refractivity contribution in [1.29, 1.82) is 0 Å². The Kier molecular flexibility index (Phi) is 5.26. The van der Waals surface area contributed by atoms with Crippen molar-refractivity contribution in [2.45, 2.75) is 25.3 Å². The van der Waals surface area contributed by atoms with Crippen LogP contribution in [0.3, 0.4) is 0 Å². The maximum Gasteiger partial charge on any atom is 0.416 e. The fraction of sp³-hybridized carbons (Fsp3) is 0.250. The molecule has 0 aliphatic rings.